The van der Waals surface area contributed by atoms with Gasteiger partial charge in [0.05, 0.1) is 12.3 Å². The van der Waals surface area contributed by atoms with E-state index in [2.05, 4.69) is 15.5 Å². The molecule has 2 aromatic rings. The van der Waals surface area contributed by atoms with Gasteiger partial charge in [-0.05, 0) is 25.0 Å². The zero-order chi connectivity index (χ0) is 18.6. The average molecular weight is 385 g/mol. The molecule has 1 aromatic heterocycles. The number of fused-ring (bicyclic) bond motifs is 1. The standard InChI is InChI=1S/C19H23N5O2S/c25-18(13-27-15-4-2-1-3-5-15)23-9-8-16-21-22-17(24(16)11-10-23)12-20-19(26)14-6-7-14/h1-5,14H,6-13H2,(H,20,26). The third-order valence-corrected chi connectivity index (χ3v) is 5.93. The van der Waals surface area contributed by atoms with Crippen LogP contribution in [0.15, 0.2) is 35.2 Å². The fourth-order valence-electron chi connectivity index (χ4n) is 3.17. The fourth-order valence-corrected chi connectivity index (χ4v) is 3.99. The molecule has 0 saturated heterocycles. The van der Waals surface area contributed by atoms with E-state index in [1.54, 1.807) is 11.8 Å². The predicted molar refractivity (Wildman–Crippen MR) is 102 cm³/mol. The molecule has 7 nitrogen and oxygen atoms in total. The lowest BCUT2D eigenvalue weighted by Gasteiger charge is -2.20. The van der Waals surface area contributed by atoms with Gasteiger partial charge in [0.2, 0.25) is 11.8 Å². The second-order valence-corrected chi connectivity index (χ2v) is 7.96. The van der Waals surface area contributed by atoms with Crippen LogP contribution in [0.3, 0.4) is 0 Å². The molecule has 2 heterocycles. The number of rotatable bonds is 6. The number of carbonyl (C=O) groups excluding carboxylic acids is 2. The minimum absolute atomic E-state index is 0.107. The Morgan fingerprint density at radius 3 is 2.70 bits per heavy atom. The summed E-state index contributed by atoms with van der Waals surface area (Å²) in [6.07, 6.45) is 2.66. The highest BCUT2D eigenvalue weighted by atomic mass is 32.2. The van der Waals surface area contributed by atoms with Crippen LogP contribution in [0.5, 0.6) is 0 Å². The van der Waals surface area contributed by atoms with Crippen molar-refractivity contribution in [3.05, 3.63) is 42.0 Å². The maximum absolute atomic E-state index is 12.6. The molecule has 4 rings (SSSR count). The first-order valence-corrected chi connectivity index (χ1v) is 10.3. The van der Waals surface area contributed by atoms with Gasteiger partial charge in [-0.15, -0.1) is 22.0 Å². The van der Waals surface area contributed by atoms with Gasteiger partial charge in [0.1, 0.15) is 5.82 Å². The topological polar surface area (TPSA) is 80.1 Å². The van der Waals surface area contributed by atoms with E-state index in [-0.39, 0.29) is 17.7 Å². The number of thioether (sulfide) groups is 1. The highest BCUT2D eigenvalue weighted by Crippen LogP contribution is 2.28. The largest absolute Gasteiger partial charge is 0.349 e. The molecule has 142 valence electrons. The van der Waals surface area contributed by atoms with Crippen molar-refractivity contribution in [1.29, 1.82) is 0 Å². The predicted octanol–water partition coefficient (Wildman–Crippen LogP) is 1.48. The number of nitrogens with one attached hydrogen (secondary N) is 1. The maximum Gasteiger partial charge on any atom is 0.233 e. The van der Waals surface area contributed by atoms with Gasteiger partial charge in [-0.1, -0.05) is 18.2 Å². The van der Waals surface area contributed by atoms with E-state index in [1.807, 2.05) is 39.8 Å². The number of amides is 2. The van der Waals surface area contributed by atoms with Gasteiger partial charge in [0.25, 0.3) is 0 Å². The summed E-state index contributed by atoms with van der Waals surface area (Å²) in [5, 5.41) is 11.4. The lowest BCUT2D eigenvalue weighted by Crippen LogP contribution is -2.35. The van der Waals surface area contributed by atoms with E-state index >= 15 is 0 Å². The Balaban J connectivity index is 1.31. The number of hydrogen-bond donors (Lipinski definition) is 1. The van der Waals surface area contributed by atoms with Crippen LogP contribution in [-0.2, 0) is 29.1 Å². The lowest BCUT2D eigenvalue weighted by molar-refractivity contribution is -0.128. The first kappa shape index (κ1) is 18.0. The van der Waals surface area contributed by atoms with Crippen molar-refractivity contribution < 1.29 is 9.59 Å². The third kappa shape index (κ3) is 4.50. The summed E-state index contributed by atoms with van der Waals surface area (Å²) in [5.41, 5.74) is 0. The Morgan fingerprint density at radius 2 is 1.93 bits per heavy atom. The summed E-state index contributed by atoms with van der Waals surface area (Å²) < 4.78 is 2.05. The molecule has 1 fully saturated rings. The van der Waals surface area contributed by atoms with Crippen molar-refractivity contribution in [3.8, 4) is 0 Å². The Labute approximate surface area is 162 Å². The molecular weight excluding hydrogens is 362 g/mol. The highest BCUT2D eigenvalue weighted by molar-refractivity contribution is 8.00. The van der Waals surface area contributed by atoms with Gasteiger partial charge in [0.15, 0.2) is 5.82 Å². The van der Waals surface area contributed by atoms with E-state index in [4.69, 9.17) is 0 Å². The van der Waals surface area contributed by atoms with Crippen LogP contribution in [0.2, 0.25) is 0 Å². The van der Waals surface area contributed by atoms with Crippen molar-refractivity contribution in [2.45, 2.75) is 37.2 Å². The number of benzene rings is 1. The van der Waals surface area contributed by atoms with E-state index in [1.165, 1.54) is 0 Å². The summed E-state index contributed by atoms with van der Waals surface area (Å²) in [7, 11) is 0. The first-order valence-electron chi connectivity index (χ1n) is 9.35. The van der Waals surface area contributed by atoms with E-state index < -0.39 is 0 Å². The Bertz CT molecular complexity index is 819. The van der Waals surface area contributed by atoms with Crippen molar-refractivity contribution in [2.75, 3.05) is 18.8 Å². The van der Waals surface area contributed by atoms with Crippen LogP contribution in [0.4, 0.5) is 0 Å². The van der Waals surface area contributed by atoms with Crippen LogP contribution < -0.4 is 5.32 Å². The van der Waals surface area contributed by atoms with Gasteiger partial charge < -0.3 is 14.8 Å². The Morgan fingerprint density at radius 1 is 1.11 bits per heavy atom. The van der Waals surface area contributed by atoms with Crippen molar-refractivity contribution in [2.24, 2.45) is 5.92 Å². The van der Waals surface area contributed by atoms with Crippen molar-refractivity contribution in [3.63, 3.8) is 0 Å². The number of nitrogens with zero attached hydrogens (tertiary/aromatic N) is 4. The van der Waals surface area contributed by atoms with Gasteiger partial charge >= 0.3 is 0 Å². The highest BCUT2D eigenvalue weighted by Gasteiger charge is 2.30. The summed E-state index contributed by atoms with van der Waals surface area (Å²) in [5.74, 6) is 2.53. The molecule has 1 aliphatic carbocycles. The van der Waals surface area contributed by atoms with Crippen LogP contribution in [0, 0.1) is 5.92 Å². The van der Waals surface area contributed by atoms with E-state index in [9.17, 15) is 9.59 Å². The molecule has 2 amide bonds. The molecule has 1 saturated carbocycles. The molecule has 1 aromatic carbocycles. The molecule has 0 bridgehead atoms. The minimum Gasteiger partial charge on any atom is -0.349 e. The zero-order valence-electron chi connectivity index (χ0n) is 15.1. The second kappa shape index (κ2) is 8.12. The molecule has 0 spiro atoms. The lowest BCUT2D eigenvalue weighted by atomic mass is 10.3. The second-order valence-electron chi connectivity index (χ2n) is 6.91. The number of hydrogen-bond acceptors (Lipinski definition) is 5. The molecule has 1 N–H and O–H groups in total. The van der Waals surface area contributed by atoms with Crippen molar-refractivity contribution >= 4 is 23.6 Å². The number of carbonyl (C=O) groups is 2. The van der Waals surface area contributed by atoms with Crippen LogP contribution in [0.25, 0.3) is 0 Å². The summed E-state index contributed by atoms with van der Waals surface area (Å²) in [6.45, 7) is 2.36. The molecule has 8 heteroatoms. The van der Waals surface area contributed by atoms with Crippen LogP contribution in [0.1, 0.15) is 24.5 Å². The Kier molecular flexibility index (Phi) is 5.42. The molecule has 0 unspecified atom stereocenters. The van der Waals surface area contributed by atoms with Gasteiger partial charge in [0, 0.05) is 36.9 Å². The molecule has 0 radical (unpaired) electrons. The summed E-state index contributed by atoms with van der Waals surface area (Å²) >= 11 is 1.56. The molecule has 0 atom stereocenters. The van der Waals surface area contributed by atoms with Gasteiger partial charge in [-0.3, -0.25) is 9.59 Å². The Hall–Kier alpha value is -2.35. The maximum atomic E-state index is 12.6. The summed E-state index contributed by atoms with van der Waals surface area (Å²) in [6, 6.07) is 9.97. The number of aromatic nitrogens is 3. The zero-order valence-corrected chi connectivity index (χ0v) is 16.0. The molecule has 1 aliphatic heterocycles. The summed E-state index contributed by atoms with van der Waals surface area (Å²) in [4.78, 5) is 27.4. The fraction of sp³-hybridized carbons (Fsp3) is 0.474. The first-order chi connectivity index (χ1) is 13.2. The SMILES string of the molecule is O=C(NCc1nnc2n1CCN(C(=O)CSc1ccccc1)CC2)C1CC1. The normalized spacial score (nSPS) is 16.5. The van der Waals surface area contributed by atoms with Gasteiger partial charge in [-0.2, -0.15) is 0 Å². The molecular formula is C19H23N5O2S. The van der Waals surface area contributed by atoms with Crippen molar-refractivity contribution in [1.82, 2.24) is 25.0 Å². The van der Waals surface area contributed by atoms with Gasteiger partial charge in [-0.25, -0.2) is 0 Å². The average Bonchev–Trinajstić information content (AvgIpc) is 3.50. The third-order valence-electron chi connectivity index (χ3n) is 4.93. The quantitative estimate of drug-likeness (QED) is 0.762. The smallest absolute Gasteiger partial charge is 0.233 e. The van der Waals surface area contributed by atoms with E-state index in [0.29, 0.717) is 38.4 Å². The van der Waals surface area contributed by atoms with E-state index in [0.717, 1.165) is 29.4 Å². The molecule has 2 aliphatic rings. The van der Waals surface area contributed by atoms with Crippen LogP contribution in [-0.4, -0.2) is 50.3 Å². The van der Waals surface area contributed by atoms with Crippen LogP contribution >= 0.6 is 11.8 Å². The minimum atomic E-state index is 0.107. The monoisotopic (exact) mass is 385 g/mol. The molecule has 27 heavy (non-hydrogen) atoms.